The van der Waals surface area contributed by atoms with Crippen molar-refractivity contribution >= 4 is 5.91 Å². The maximum atomic E-state index is 12.9. The Hall–Kier alpha value is -2.20. The van der Waals surface area contributed by atoms with Crippen molar-refractivity contribution in [2.75, 3.05) is 19.6 Å². The molecule has 4 heteroatoms. The van der Waals surface area contributed by atoms with Gasteiger partial charge in [0.2, 0.25) is 0 Å². The molecule has 0 aliphatic carbocycles. The molecule has 4 nitrogen and oxygen atoms in total. The van der Waals surface area contributed by atoms with Crippen LogP contribution < -0.4 is 0 Å². The SMILES string of the molecule is Cc1cccc(CN2CCCCC23CCN(C(=O)c2ccccc2)C3)n1. The summed E-state index contributed by atoms with van der Waals surface area (Å²) >= 11 is 0. The van der Waals surface area contributed by atoms with Crippen LogP contribution in [0.4, 0.5) is 0 Å². The fraction of sp³-hybridized carbons (Fsp3) is 0.455. The number of carbonyl (C=O) groups excluding carboxylic acids is 1. The van der Waals surface area contributed by atoms with Gasteiger partial charge in [0.25, 0.3) is 5.91 Å². The summed E-state index contributed by atoms with van der Waals surface area (Å²) in [6, 6.07) is 15.9. The summed E-state index contributed by atoms with van der Waals surface area (Å²) < 4.78 is 0. The summed E-state index contributed by atoms with van der Waals surface area (Å²) in [4.78, 5) is 22.2. The number of aromatic nitrogens is 1. The second kappa shape index (κ2) is 7.20. The van der Waals surface area contributed by atoms with Gasteiger partial charge in [0, 0.05) is 36.4 Å². The normalized spacial score (nSPS) is 23.5. The van der Waals surface area contributed by atoms with E-state index < -0.39 is 0 Å². The minimum Gasteiger partial charge on any atom is -0.337 e. The lowest BCUT2D eigenvalue weighted by Gasteiger charge is -2.44. The highest BCUT2D eigenvalue weighted by Crippen LogP contribution is 2.37. The number of rotatable bonds is 3. The molecule has 1 spiro atoms. The molecule has 1 atom stereocenters. The van der Waals surface area contributed by atoms with Gasteiger partial charge in [-0.3, -0.25) is 14.7 Å². The first kappa shape index (κ1) is 17.2. The van der Waals surface area contributed by atoms with Gasteiger partial charge in [0.05, 0.1) is 5.69 Å². The summed E-state index contributed by atoms with van der Waals surface area (Å²) in [5.74, 6) is 0.168. The molecule has 2 aliphatic heterocycles. The van der Waals surface area contributed by atoms with E-state index in [9.17, 15) is 4.79 Å². The van der Waals surface area contributed by atoms with Crippen LogP contribution in [0, 0.1) is 6.92 Å². The molecule has 2 saturated heterocycles. The van der Waals surface area contributed by atoms with Gasteiger partial charge in [0.15, 0.2) is 0 Å². The van der Waals surface area contributed by atoms with Crippen LogP contribution in [-0.4, -0.2) is 45.9 Å². The third-order valence-electron chi connectivity index (χ3n) is 5.93. The molecule has 1 aromatic heterocycles. The van der Waals surface area contributed by atoms with Crippen LogP contribution in [0.25, 0.3) is 0 Å². The third kappa shape index (κ3) is 3.38. The Morgan fingerprint density at radius 1 is 1.04 bits per heavy atom. The predicted octanol–water partition coefficient (Wildman–Crippen LogP) is 3.66. The van der Waals surface area contributed by atoms with Crippen LogP contribution in [-0.2, 0) is 6.54 Å². The fourth-order valence-electron chi connectivity index (χ4n) is 4.54. The highest BCUT2D eigenvalue weighted by atomic mass is 16.2. The molecule has 1 amide bonds. The number of benzene rings is 1. The zero-order valence-electron chi connectivity index (χ0n) is 15.5. The first-order valence-corrected chi connectivity index (χ1v) is 9.68. The van der Waals surface area contributed by atoms with E-state index in [1.165, 1.54) is 19.3 Å². The lowest BCUT2D eigenvalue weighted by molar-refractivity contribution is 0.0411. The number of carbonyl (C=O) groups is 1. The highest BCUT2D eigenvalue weighted by Gasteiger charge is 2.45. The van der Waals surface area contributed by atoms with E-state index in [1.54, 1.807) is 0 Å². The molecule has 0 N–H and O–H groups in total. The molecule has 2 fully saturated rings. The predicted molar refractivity (Wildman–Crippen MR) is 103 cm³/mol. The van der Waals surface area contributed by atoms with E-state index in [2.05, 4.69) is 21.9 Å². The van der Waals surface area contributed by atoms with E-state index in [-0.39, 0.29) is 11.4 Å². The molecule has 1 aromatic carbocycles. The average Bonchev–Trinajstić information content (AvgIpc) is 3.09. The van der Waals surface area contributed by atoms with E-state index in [4.69, 9.17) is 4.98 Å². The van der Waals surface area contributed by atoms with Crippen molar-refractivity contribution < 1.29 is 4.79 Å². The Morgan fingerprint density at radius 2 is 1.88 bits per heavy atom. The Labute approximate surface area is 155 Å². The van der Waals surface area contributed by atoms with Crippen molar-refractivity contribution in [3.63, 3.8) is 0 Å². The summed E-state index contributed by atoms with van der Waals surface area (Å²) in [6.07, 6.45) is 4.74. The number of nitrogens with zero attached hydrogens (tertiary/aromatic N) is 3. The Kier molecular flexibility index (Phi) is 4.77. The van der Waals surface area contributed by atoms with Gasteiger partial charge in [0.1, 0.15) is 0 Å². The molecule has 0 saturated carbocycles. The lowest BCUT2D eigenvalue weighted by atomic mass is 9.85. The number of piperidine rings is 1. The molecular weight excluding hydrogens is 322 g/mol. The minimum atomic E-state index is 0.119. The van der Waals surface area contributed by atoms with E-state index in [0.29, 0.717) is 0 Å². The van der Waals surface area contributed by atoms with Crippen molar-refractivity contribution in [2.24, 2.45) is 0 Å². The van der Waals surface area contributed by atoms with Gasteiger partial charge in [-0.05, 0) is 57.0 Å². The Morgan fingerprint density at radius 3 is 2.69 bits per heavy atom. The van der Waals surface area contributed by atoms with Crippen LogP contribution in [0.3, 0.4) is 0 Å². The summed E-state index contributed by atoms with van der Waals surface area (Å²) in [7, 11) is 0. The molecule has 2 aliphatic rings. The summed E-state index contributed by atoms with van der Waals surface area (Å²) in [5, 5.41) is 0. The number of aryl methyl sites for hydroxylation is 1. The summed E-state index contributed by atoms with van der Waals surface area (Å²) in [6.45, 7) is 5.72. The molecule has 1 unspecified atom stereocenters. The van der Waals surface area contributed by atoms with Gasteiger partial charge in [-0.2, -0.15) is 0 Å². The summed E-state index contributed by atoms with van der Waals surface area (Å²) in [5.41, 5.74) is 3.13. The Bertz CT molecular complexity index is 776. The third-order valence-corrected chi connectivity index (χ3v) is 5.93. The van der Waals surface area contributed by atoms with Crippen molar-refractivity contribution in [3.05, 3.63) is 65.5 Å². The second-order valence-corrected chi connectivity index (χ2v) is 7.72. The van der Waals surface area contributed by atoms with Crippen LogP contribution in [0.1, 0.15) is 47.4 Å². The first-order chi connectivity index (χ1) is 12.7. The minimum absolute atomic E-state index is 0.119. The molecule has 3 heterocycles. The maximum Gasteiger partial charge on any atom is 0.253 e. The second-order valence-electron chi connectivity index (χ2n) is 7.72. The van der Waals surface area contributed by atoms with Crippen molar-refractivity contribution in [1.29, 1.82) is 0 Å². The van der Waals surface area contributed by atoms with E-state index >= 15 is 0 Å². The number of amides is 1. The molecule has 26 heavy (non-hydrogen) atoms. The lowest BCUT2D eigenvalue weighted by Crippen LogP contribution is -2.53. The van der Waals surface area contributed by atoms with Crippen LogP contribution in [0.2, 0.25) is 0 Å². The molecule has 0 bridgehead atoms. The topological polar surface area (TPSA) is 36.4 Å². The fourth-order valence-corrected chi connectivity index (χ4v) is 4.54. The van der Waals surface area contributed by atoms with E-state index in [0.717, 1.165) is 49.6 Å². The van der Waals surface area contributed by atoms with Crippen LogP contribution in [0.5, 0.6) is 0 Å². The molecule has 0 radical (unpaired) electrons. The van der Waals surface area contributed by atoms with Crippen LogP contribution >= 0.6 is 0 Å². The molecule has 2 aromatic rings. The monoisotopic (exact) mass is 349 g/mol. The van der Waals surface area contributed by atoms with Gasteiger partial charge >= 0.3 is 0 Å². The maximum absolute atomic E-state index is 12.9. The average molecular weight is 349 g/mol. The van der Waals surface area contributed by atoms with E-state index in [1.807, 2.05) is 43.3 Å². The molecule has 4 rings (SSSR count). The van der Waals surface area contributed by atoms with Crippen LogP contribution in [0.15, 0.2) is 48.5 Å². The van der Waals surface area contributed by atoms with Gasteiger partial charge in [-0.25, -0.2) is 0 Å². The Balaban J connectivity index is 1.51. The zero-order chi connectivity index (χ0) is 18.0. The van der Waals surface area contributed by atoms with Crippen molar-refractivity contribution in [3.8, 4) is 0 Å². The highest BCUT2D eigenvalue weighted by molar-refractivity contribution is 5.94. The van der Waals surface area contributed by atoms with Gasteiger partial charge in [-0.15, -0.1) is 0 Å². The molecular formula is C22H27N3O. The smallest absolute Gasteiger partial charge is 0.253 e. The number of pyridine rings is 1. The standard InChI is InChI=1S/C22H27N3O/c1-18-8-7-11-20(23-18)16-25-14-6-5-12-22(25)13-15-24(17-22)21(26)19-9-3-2-4-10-19/h2-4,7-11H,5-6,12-17H2,1H3. The number of hydrogen-bond donors (Lipinski definition) is 0. The first-order valence-electron chi connectivity index (χ1n) is 9.68. The zero-order valence-corrected chi connectivity index (χ0v) is 15.5. The quantitative estimate of drug-likeness (QED) is 0.848. The van der Waals surface area contributed by atoms with Crippen molar-refractivity contribution in [1.82, 2.24) is 14.8 Å². The largest absolute Gasteiger partial charge is 0.337 e. The number of likely N-dealkylation sites (tertiary alicyclic amines) is 2. The van der Waals surface area contributed by atoms with Gasteiger partial charge in [-0.1, -0.05) is 30.7 Å². The molecule has 136 valence electrons. The number of hydrogen-bond acceptors (Lipinski definition) is 3. The van der Waals surface area contributed by atoms with Gasteiger partial charge < -0.3 is 4.90 Å². The van der Waals surface area contributed by atoms with Crippen molar-refractivity contribution in [2.45, 2.75) is 44.7 Å².